The van der Waals surface area contributed by atoms with Gasteiger partial charge >= 0.3 is 0 Å². The summed E-state index contributed by atoms with van der Waals surface area (Å²) in [5.41, 5.74) is 1.93. The lowest BCUT2D eigenvalue weighted by molar-refractivity contribution is 0.0633. The summed E-state index contributed by atoms with van der Waals surface area (Å²) in [6, 6.07) is 7.84. The number of nitrogens with zero attached hydrogens (tertiary/aromatic N) is 4. The van der Waals surface area contributed by atoms with Crippen molar-refractivity contribution in [3.8, 4) is 0 Å². The molecule has 2 aromatic rings. The average Bonchev–Trinajstić information content (AvgIpc) is 3.06. The summed E-state index contributed by atoms with van der Waals surface area (Å²) in [5, 5.41) is 0. The van der Waals surface area contributed by atoms with Crippen LogP contribution in [0.3, 0.4) is 0 Å². The summed E-state index contributed by atoms with van der Waals surface area (Å²) in [4.78, 5) is 20.9. The standard InChI is InChI=1S/C17H22N4O/c1-15-3-2-4-16(13-15)17(22)21-11-9-19(10-12-21)7-8-20-6-5-18-14-20/h2-6,13-14H,7-12H2,1H3. The van der Waals surface area contributed by atoms with Crippen LogP contribution in [0.4, 0.5) is 0 Å². The largest absolute Gasteiger partial charge is 0.336 e. The molecule has 5 heteroatoms. The van der Waals surface area contributed by atoms with Gasteiger partial charge in [0.25, 0.3) is 5.91 Å². The monoisotopic (exact) mass is 298 g/mol. The SMILES string of the molecule is Cc1cccc(C(=O)N2CCN(CCn3ccnc3)CC2)c1. The zero-order valence-electron chi connectivity index (χ0n) is 13.0. The third-order valence-corrected chi connectivity index (χ3v) is 4.16. The Morgan fingerprint density at radius 3 is 2.68 bits per heavy atom. The predicted molar refractivity (Wildman–Crippen MR) is 85.7 cm³/mol. The molecule has 2 heterocycles. The van der Waals surface area contributed by atoms with Crippen molar-refractivity contribution in [2.45, 2.75) is 13.5 Å². The van der Waals surface area contributed by atoms with E-state index in [1.165, 1.54) is 0 Å². The second-order valence-electron chi connectivity index (χ2n) is 5.80. The van der Waals surface area contributed by atoms with Gasteiger partial charge in [-0.15, -0.1) is 0 Å². The van der Waals surface area contributed by atoms with Crippen molar-refractivity contribution in [2.75, 3.05) is 32.7 Å². The summed E-state index contributed by atoms with van der Waals surface area (Å²) in [6.07, 6.45) is 5.63. The maximum absolute atomic E-state index is 12.5. The first-order valence-electron chi connectivity index (χ1n) is 7.76. The molecule has 0 unspecified atom stereocenters. The first-order chi connectivity index (χ1) is 10.7. The highest BCUT2D eigenvalue weighted by Gasteiger charge is 2.21. The highest BCUT2D eigenvalue weighted by Crippen LogP contribution is 2.10. The van der Waals surface area contributed by atoms with Gasteiger partial charge < -0.3 is 9.47 Å². The van der Waals surface area contributed by atoms with Gasteiger partial charge in [0.2, 0.25) is 0 Å². The number of amides is 1. The lowest BCUT2D eigenvalue weighted by atomic mass is 10.1. The molecular formula is C17H22N4O. The number of aromatic nitrogens is 2. The van der Waals surface area contributed by atoms with E-state index in [0.29, 0.717) is 0 Å². The average molecular weight is 298 g/mol. The molecule has 1 aromatic carbocycles. The van der Waals surface area contributed by atoms with Gasteiger partial charge in [0.05, 0.1) is 6.33 Å². The maximum Gasteiger partial charge on any atom is 0.253 e. The summed E-state index contributed by atoms with van der Waals surface area (Å²) in [7, 11) is 0. The van der Waals surface area contributed by atoms with Crippen LogP contribution >= 0.6 is 0 Å². The Morgan fingerprint density at radius 2 is 2.00 bits per heavy atom. The van der Waals surface area contributed by atoms with Gasteiger partial charge in [0.1, 0.15) is 0 Å². The minimum atomic E-state index is 0.151. The molecule has 1 saturated heterocycles. The van der Waals surface area contributed by atoms with Gasteiger partial charge in [-0.05, 0) is 19.1 Å². The molecule has 0 radical (unpaired) electrons. The minimum absolute atomic E-state index is 0.151. The molecule has 1 fully saturated rings. The number of rotatable bonds is 4. The number of piperazine rings is 1. The minimum Gasteiger partial charge on any atom is -0.336 e. The van der Waals surface area contributed by atoms with Gasteiger partial charge in [-0.25, -0.2) is 4.98 Å². The number of benzene rings is 1. The second-order valence-corrected chi connectivity index (χ2v) is 5.80. The van der Waals surface area contributed by atoms with E-state index in [2.05, 4.69) is 14.5 Å². The number of aryl methyl sites for hydroxylation is 1. The number of carbonyl (C=O) groups is 1. The summed E-state index contributed by atoms with van der Waals surface area (Å²) in [5.74, 6) is 0.151. The lowest BCUT2D eigenvalue weighted by Crippen LogP contribution is -2.49. The molecule has 0 spiro atoms. The van der Waals surface area contributed by atoms with Crippen molar-refractivity contribution < 1.29 is 4.79 Å². The van der Waals surface area contributed by atoms with Gasteiger partial charge in [-0.1, -0.05) is 17.7 Å². The van der Waals surface area contributed by atoms with E-state index >= 15 is 0 Å². The molecule has 0 bridgehead atoms. The van der Waals surface area contributed by atoms with Gasteiger partial charge in [-0.2, -0.15) is 0 Å². The van der Waals surface area contributed by atoms with Gasteiger partial charge in [0, 0.05) is 57.2 Å². The number of hydrogen-bond donors (Lipinski definition) is 0. The Bertz CT molecular complexity index is 615. The second kappa shape index (κ2) is 6.75. The Morgan fingerprint density at radius 1 is 1.18 bits per heavy atom. The van der Waals surface area contributed by atoms with Crippen LogP contribution in [-0.4, -0.2) is 58.0 Å². The van der Waals surface area contributed by atoms with E-state index in [0.717, 1.165) is 50.4 Å². The molecule has 22 heavy (non-hydrogen) atoms. The Hall–Kier alpha value is -2.14. The quantitative estimate of drug-likeness (QED) is 0.862. The molecule has 1 aromatic heterocycles. The fraction of sp³-hybridized carbons (Fsp3) is 0.412. The molecular weight excluding hydrogens is 276 g/mol. The normalized spacial score (nSPS) is 16.0. The van der Waals surface area contributed by atoms with Crippen LogP contribution in [0.2, 0.25) is 0 Å². The summed E-state index contributed by atoms with van der Waals surface area (Å²) in [6.45, 7) is 7.45. The van der Waals surface area contributed by atoms with E-state index < -0.39 is 0 Å². The lowest BCUT2D eigenvalue weighted by Gasteiger charge is -2.34. The van der Waals surface area contributed by atoms with Crippen molar-refractivity contribution in [3.63, 3.8) is 0 Å². The van der Waals surface area contributed by atoms with Crippen molar-refractivity contribution >= 4 is 5.91 Å². The van der Waals surface area contributed by atoms with Crippen molar-refractivity contribution in [3.05, 3.63) is 54.1 Å². The fourth-order valence-electron chi connectivity index (χ4n) is 2.81. The third-order valence-electron chi connectivity index (χ3n) is 4.16. The smallest absolute Gasteiger partial charge is 0.253 e. The molecule has 116 valence electrons. The first kappa shape index (κ1) is 14.8. The highest BCUT2D eigenvalue weighted by atomic mass is 16.2. The molecule has 0 N–H and O–H groups in total. The molecule has 0 atom stereocenters. The number of imidazole rings is 1. The van der Waals surface area contributed by atoms with Gasteiger partial charge in [-0.3, -0.25) is 9.69 Å². The molecule has 5 nitrogen and oxygen atoms in total. The van der Waals surface area contributed by atoms with E-state index in [1.807, 2.05) is 48.6 Å². The maximum atomic E-state index is 12.5. The van der Waals surface area contributed by atoms with Gasteiger partial charge in [0.15, 0.2) is 0 Å². The van der Waals surface area contributed by atoms with Crippen molar-refractivity contribution in [1.29, 1.82) is 0 Å². The molecule has 0 saturated carbocycles. The first-order valence-corrected chi connectivity index (χ1v) is 7.76. The van der Waals surface area contributed by atoms with E-state index in [-0.39, 0.29) is 5.91 Å². The van der Waals surface area contributed by atoms with E-state index in [4.69, 9.17) is 0 Å². The Labute approximate surface area is 131 Å². The highest BCUT2D eigenvalue weighted by molar-refractivity contribution is 5.94. The van der Waals surface area contributed by atoms with Crippen LogP contribution in [0.25, 0.3) is 0 Å². The number of carbonyl (C=O) groups excluding carboxylic acids is 1. The summed E-state index contributed by atoms with van der Waals surface area (Å²) >= 11 is 0. The Balaban J connectivity index is 1.50. The molecule has 1 aliphatic rings. The van der Waals surface area contributed by atoms with Crippen molar-refractivity contribution in [2.24, 2.45) is 0 Å². The van der Waals surface area contributed by atoms with Crippen LogP contribution in [0.1, 0.15) is 15.9 Å². The van der Waals surface area contributed by atoms with Crippen LogP contribution in [0.15, 0.2) is 43.0 Å². The van der Waals surface area contributed by atoms with Crippen LogP contribution < -0.4 is 0 Å². The molecule has 1 amide bonds. The molecule has 0 aliphatic carbocycles. The zero-order valence-corrected chi connectivity index (χ0v) is 13.0. The predicted octanol–water partition coefficient (Wildman–Crippen LogP) is 1.65. The molecule has 1 aliphatic heterocycles. The van der Waals surface area contributed by atoms with Crippen LogP contribution in [0, 0.1) is 6.92 Å². The number of hydrogen-bond acceptors (Lipinski definition) is 3. The fourth-order valence-corrected chi connectivity index (χ4v) is 2.81. The third kappa shape index (κ3) is 3.54. The van der Waals surface area contributed by atoms with E-state index in [1.54, 1.807) is 6.20 Å². The molecule has 3 rings (SSSR count). The van der Waals surface area contributed by atoms with Crippen LogP contribution in [-0.2, 0) is 6.54 Å². The topological polar surface area (TPSA) is 41.4 Å². The Kier molecular flexibility index (Phi) is 4.53. The van der Waals surface area contributed by atoms with E-state index in [9.17, 15) is 4.79 Å². The van der Waals surface area contributed by atoms with Crippen LogP contribution in [0.5, 0.6) is 0 Å². The zero-order chi connectivity index (χ0) is 15.4. The summed E-state index contributed by atoms with van der Waals surface area (Å²) < 4.78 is 2.09. The van der Waals surface area contributed by atoms with Crippen molar-refractivity contribution in [1.82, 2.24) is 19.4 Å².